The number of carbonyl (C=O) groups excluding carboxylic acids is 1. The Labute approximate surface area is 197 Å². The van der Waals surface area contributed by atoms with Gasteiger partial charge in [-0.2, -0.15) is 0 Å². The van der Waals surface area contributed by atoms with Crippen molar-refractivity contribution in [2.75, 3.05) is 46.2 Å². The summed E-state index contributed by atoms with van der Waals surface area (Å²) in [6.45, 7) is 6.50. The van der Waals surface area contributed by atoms with Crippen LogP contribution in [0, 0.1) is 0 Å². The van der Waals surface area contributed by atoms with Gasteiger partial charge in [-0.3, -0.25) is 14.3 Å². The molecule has 0 N–H and O–H groups in total. The predicted octanol–water partition coefficient (Wildman–Crippen LogP) is 3.01. The van der Waals surface area contributed by atoms with Gasteiger partial charge in [0.1, 0.15) is 11.5 Å². The normalized spacial score (nSPS) is 14.5. The Hall–Kier alpha value is -2.98. The quantitative estimate of drug-likeness (QED) is 0.440. The fourth-order valence-corrected chi connectivity index (χ4v) is 4.79. The lowest BCUT2D eigenvalue weighted by Crippen LogP contribution is -2.48. The van der Waals surface area contributed by atoms with E-state index in [1.165, 1.54) is 11.8 Å². The van der Waals surface area contributed by atoms with Gasteiger partial charge in [0.2, 0.25) is 5.91 Å². The molecule has 1 aliphatic rings. The van der Waals surface area contributed by atoms with Crippen LogP contribution in [-0.4, -0.2) is 76.6 Å². The molecule has 10 heteroatoms. The van der Waals surface area contributed by atoms with Crippen molar-refractivity contribution < 1.29 is 18.7 Å². The number of rotatable bonds is 9. The van der Waals surface area contributed by atoms with Crippen LogP contribution < -0.4 is 9.47 Å². The molecule has 176 valence electrons. The van der Waals surface area contributed by atoms with Crippen LogP contribution in [0.1, 0.15) is 12.5 Å². The summed E-state index contributed by atoms with van der Waals surface area (Å²) < 4.78 is 18.3. The number of hydrogen-bond acceptors (Lipinski definition) is 8. The molecule has 1 aliphatic heterocycles. The molecule has 0 aliphatic carbocycles. The number of ether oxygens (including phenoxy) is 2. The van der Waals surface area contributed by atoms with E-state index in [0.29, 0.717) is 37.0 Å². The minimum Gasteiger partial charge on any atom is -0.497 e. The molecule has 0 spiro atoms. The molecule has 9 nitrogen and oxygen atoms in total. The second-order valence-corrected chi connectivity index (χ2v) is 8.59. The molecule has 0 radical (unpaired) electrons. The van der Waals surface area contributed by atoms with E-state index in [9.17, 15) is 4.79 Å². The molecule has 0 bridgehead atoms. The molecule has 3 heterocycles. The summed E-state index contributed by atoms with van der Waals surface area (Å²) in [5.41, 5.74) is 1.08. The Morgan fingerprint density at radius 3 is 2.61 bits per heavy atom. The highest BCUT2D eigenvalue weighted by Crippen LogP contribution is 2.27. The van der Waals surface area contributed by atoms with Crippen molar-refractivity contribution in [1.29, 1.82) is 0 Å². The Bertz CT molecular complexity index is 1060. The summed E-state index contributed by atoms with van der Waals surface area (Å²) in [5.74, 6) is 3.46. The highest BCUT2D eigenvalue weighted by molar-refractivity contribution is 7.99. The first-order valence-corrected chi connectivity index (χ1v) is 11.9. The van der Waals surface area contributed by atoms with E-state index in [2.05, 4.69) is 15.1 Å². The zero-order valence-corrected chi connectivity index (χ0v) is 20.0. The van der Waals surface area contributed by atoms with Crippen LogP contribution in [0.2, 0.25) is 0 Å². The molecule has 3 aromatic rings. The molecule has 2 aromatic heterocycles. The van der Waals surface area contributed by atoms with Crippen molar-refractivity contribution >= 4 is 17.7 Å². The number of furan rings is 1. The lowest BCUT2D eigenvalue weighted by molar-refractivity contribution is -0.130. The number of benzene rings is 1. The van der Waals surface area contributed by atoms with E-state index in [4.69, 9.17) is 13.9 Å². The van der Waals surface area contributed by atoms with Gasteiger partial charge in [-0.1, -0.05) is 11.8 Å². The second kappa shape index (κ2) is 10.8. The van der Waals surface area contributed by atoms with Crippen LogP contribution in [0.3, 0.4) is 0 Å². The van der Waals surface area contributed by atoms with Crippen LogP contribution >= 0.6 is 11.8 Å². The summed E-state index contributed by atoms with van der Waals surface area (Å²) in [7, 11) is 3.34. The summed E-state index contributed by atoms with van der Waals surface area (Å²) in [6, 6.07) is 9.51. The van der Waals surface area contributed by atoms with Crippen molar-refractivity contribution in [2.45, 2.75) is 25.2 Å². The van der Waals surface area contributed by atoms with Crippen molar-refractivity contribution in [2.24, 2.45) is 0 Å². The van der Waals surface area contributed by atoms with E-state index in [0.717, 1.165) is 41.9 Å². The maximum atomic E-state index is 12.8. The van der Waals surface area contributed by atoms with Crippen molar-refractivity contribution in [3.8, 4) is 23.1 Å². The van der Waals surface area contributed by atoms with Gasteiger partial charge in [0.25, 0.3) is 0 Å². The maximum absolute atomic E-state index is 12.8. The van der Waals surface area contributed by atoms with Gasteiger partial charge in [0.05, 0.1) is 26.2 Å². The van der Waals surface area contributed by atoms with Gasteiger partial charge in [0.15, 0.2) is 16.7 Å². The van der Waals surface area contributed by atoms with Gasteiger partial charge >= 0.3 is 0 Å². The number of aromatic nitrogens is 3. The van der Waals surface area contributed by atoms with Crippen molar-refractivity contribution in [1.82, 2.24) is 24.6 Å². The number of carbonyl (C=O) groups is 1. The molecule has 33 heavy (non-hydrogen) atoms. The number of nitrogens with zero attached hydrogens (tertiary/aromatic N) is 5. The smallest absolute Gasteiger partial charge is 0.233 e. The number of piperazine rings is 1. The van der Waals surface area contributed by atoms with Crippen LogP contribution in [0.4, 0.5) is 0 Å². The van der Waals surface area contributed by atoms with Crippen molar-refractivity contribution in [3.63, 3.8) is 0 Å². The average Bonchev–Trinajstić information content (AvgIpc) is 3.52. The van der Waals surface area contributed by atoms with E-state index >= 15 is 0 Å². The van der Waals surface area contributed by atoms with Crippen LogP contribution in [0.5, 0.6) is 11.5 Å². The molecular formula is C23H29N5O4S. The molecule has 4 rings (SSSR count). The zero-order valence-electron chi connectivity index (χ0n) is 19.2. The van der Waals surface area contributed by atoms with E-state index in [1.54, 1.807) is 20.5 Å². The maximum Gasteiger partial charge on any atom is 0.233 e. The third-order valence-electron chi connectivity index (χ3n) is 5.71. The lowest BCUT2D eigenvalue weighted by atomic mass is 10.1. The molecule has 0 atom stereocenters. The third-order valence-corrected chi connectivity index (χ3v) is 6.66. The van der Waals surface area contributed by atoms with Gasteiger partial charge in [0, 0.05) is 44.8 Å². The average molecular weight is 472 g/mol. The summed E-state index contributed by atoms with van der Waals surface area (Å²) in [6.07, 6.45) is 1.62. The predicted molar refractivity (Wildman–Crippen MR) is 126 cm³/mol. The van der Waals surface area contributed by atoms with E-state index < -0.39 is 0 Å². The molecule has 0 saturated carbocycles. The molecular weight excluding hydrogens is 442 g/mol. The van der Waals surface area contributed by atoms with Crippen LogP contribution in [0.15, 0.2) is 46.2 Å². The molecule has 1 fully saturated rings. The largest absolute Gasteiger partial charge is 0.497 e. The van der Waals surface area contributed by atoms with Crippen molar-refractivity contribution in [3.05, 3.63) is 42.2 Å². The zero-order chi connectivity index (χ0) is 23.2. The molecule has 1 amide bonds. The molecule has 1 saturated heterocycles. The fraction of sp³-hybridized carbons (Fsp3) is 0.435. The topological polar surface area (TPSA) is 85.9 Å². The minimum atomic E-state index is 0.115. The highest BCUT2D eigenvalue weighted by atomic mass is 32.2. The van der Waals surface area contributed by atoms with Crippen LogP contribution in [-0.2, 0) is 17.9 Å². The summed E-state index contributed by atoms with van der Waals surface area (Å²) >= 11 is 1.42. The fourth-order valence-electron chi connectivity index (χ4n) is 3.89. The molecule has 0 unspecified atom stereocenters. The van der Waals surface area contributed by atoms with E-state index in [-0.39, 0.29) is 5.91 Å². The monoisotopic (exact) mass is 471 g/mol. The second-order valence-electron chi connectivity index (χ2n) is 7.65. The molecule has 1 aromatic carbocycles. The first kappa shape index (κ1) is 23.2. The van der Waals surface area contributed by atoms with Gasteiger partial charge < -0.3 is 18.8 Å². The van der Waals surface area contributed by atoms with Gasteiger partial charge in [-0.15, -0.1) is 10.2 Å². The van der Waals surface area contributed by atoms with Gasteiger partial charge in [-0.05, 0) is 37.3 Å². The van der Waals surface area contributed by atoms with Crippen LogP contribution in [0.25, 0.3) is 11.6 Å². The summed E-state index contributed by atoms with van der Waals surface area (Å²) in [5, 5.41) is 9.23. The number of methoxy groups -OCH3 is 2. The van der Waals surface area contributed by atoms with E-state index in [1.807, 2.05) is 46.7 Å². The highest BCUT2D eigenvalue weighted by Gasteiger charge is 2.23. The van der Waals surface area contributed by atoms with Gasteiger partial charge in [-0.25, -0.2) is 0 Å². The standard InChI is InChI=1S/C23H29N5O4S/c1-4-28-22(20-6-5-13-32-20)24-25-23(28)33-16-21(29)27-11-9-26(10-12-27)15-17-14-18(30-2)7-8-19(17)31-3/h5-8,13-14H,4,9-12,15-16H2,1-3H3. The Kier molecular flexibility index (Phi) is 7.56. The minimum absolute atomic E-state index is 0.115. The first-order valence-electron chi connectivity index (χ1n) is 10.9. The number of amides is 1. The number of hydrogen-bond donors (Lipinski definition) is 0. The third kappa shape index (κ3) is 5.33. The Morgan fingerprint density at radius 2 is 1.94 bits per heavy atom. The Morgan fingerprint density at radius 1 is 1.12 bits per heavy atom. The lowest BCUT2D eigenvalue weighted by Gasteiger charge is -2.35. The first-order chi connectivity index (χ1) is 16.1. The number of thioether (sulfide) groups is 1. The SMILES string of the molecule is CCn1c(SCC(=O)N2CCN(Cc3cc(OC)ccc3OC)CC2)nnc1-c1ccco1. The summed E-state index contributed by atoms with van der Waals surface area (Å²) in [4.78, 5) is 17.1. The Balaban J connectivity index is 1.30.